The molecule has 0 bridgehead atoms. The lowest BCUT2D eigenvalue weighted by atomic mass is 10.1. The number of hydrogen-bond acceptors (Lipinski definition) is 4. The van der Waals surface area contributed by atoms with E-state index < -0.39 is 0 Å². The predicted octanol–water partition coefficient (Wildman–Crippen LogP) is 1.06. The third-order valence-electron chi connectivity index (χ3n) is 2.86. The second-order valence-corrected chi connectivity index (χ2v) is 4.12. The fourth-order valence-corrected chi connectivity index (χ4v) is 1.90. The van der Waals surface area contributed by atoms with Crippen molar-refractivity contribution in [1.82, 2.24) is 9.88 Å². The van der Waals surface area contributed by atoms with Gasteiger partial charge in [0.2, 0.25) is 0 Å². The minimum Gasteiger partial charge on any atom is -0.480 e. The number of aromatic nitrogens is 1. The van der Waals surface area contributed by atoms with Gasteiger partial charge >= 0.3 is 0 Å². The lowest BCUT2D eigenvalue weighted by molar-refractivity contribution is -0.134. The van der Waals surface area contributed by atoms with E-state index in [0.29, 0.717) is 11.6 Å². The molecule has 1 aliphatic rings. The summed E-state index contributed by atoms with van der Waals surface area (Å²) in [5, 5.41) is 0. The maximum absolute atomic E-state index is 11.8. The molecule has 1 aliphatic heterocycles. The van der Waals surface area contributed by atoms with E-state index in [0.717, 1.165) is 25.9 Å². The van der Waals surface area contributed by atoms with E-state index in [2.05, 4.69) is 4.98 Å². The van der Waals surface area contributed by atoms with Gasteiger partial charge in [-0.3, -0.25) is 4.79 Å². The minimum atomic E-state index is 0.0213. The van der Waals surface area contributed by atoms with Gasteiger partial charge in [0.1, 0.15) is 0 Å². The van der Waals surface area contributed by atoms with E-state index in [-0.39, 0.29) is 12.5 Å². The standard InChI is InChI=1S/C12H17N3O2/c13-12-10(5-4-6-14-12)17-9-11(16)15-7-2-1-3-8-15/h4-6H,1-3,7-9H2,(H2,13,14). The summed E-state index contributed by atoms with van der Waals surface area (Å²) < 4.78 is 5.37. The van der Waals surface area contributed by atoms with Gasteiger partial charge in [0, 0.05) is 19.3 Å². The second-order valence-electron chi connectivity index (χ2n) is 4.12. The number of rotatable bonds is 3. The fraction of sp³-hybridized carbons (Fsp3) is 0.500. The fourth-order valence-electron chi connectivity index (χ4n) is 1.90. The molecular weight excluding hydrogens is 218 g/mol. The molecule has 0 unspecified atom stereocenters. The summed E-state index contributed by atoms with van der Waals surface area (Å²) in [4.78, 5) is 17.6. The molecule has 2 rings (SSSR count). The molecule has 2 heterocycles. The summed E-state index contributed by atoms with van der Waals surface area (Å²) in [5.41, 5.74) is 5.62. The van der Waals surface area contributed by atoms with Crippen molar-refractivity contribution in [3.05, 3.63) is 18.3 Å². The summed E-state index contributed by atoms with van der Waals surface area (Å²) in [6.07, 6.45) is 4.97. The smallest absolute Gasteiger partial charge is 0.260 e. The van der Waals surface area contributed by atoms with Crippen molar-refractivity contribution in [2.75, 3.05) is 25.4 Å². The van der Waals surface area contributed by atoms with Crippen molar-refractivity contribution in [3.63, 3.8) is 0 Å². The number of piperidine rings is 1. The van der Waals surface area contributed by atoms with Crippen LogP contribution < -0.4 is 10.5 Å². The van der Waals surface area contributed by atoms with Gasteiger partial charge in [-0.1, -0.05) is 0 Å². The quantitative estimate of drug-likeness (QED) is 0.850. The number of hydrogen-bond donors (Lipinski definition) is 1. The normalized spacial score (nSPS) is 15.6. The number of nitrogens with zero attached hydrogens (tertiary/aromatic N) is 2. The summed E-state index contributed by atoms with van der Waals surface area (Å²) >= 11 is 0. The molecule has 1 aromatic heterocycles. The van der Waals surface area contributed by atoms with Crippen LogP contribution in [0.4, 0.5) is 5.82 Å². The second kappa shape index (κ2) is 5.52. The molecule has 0 saturated carbocycles. The first-order valence-electron chi connectivity index (χ1n) is 5.88. The number of carbonyl (C=O) groups excluding carboxylic acids is 1. The molecule has 0 aliphatic carbocycles. The zero-order valence-electron chi connectivity index (χ0n) is 9.76. The molecule has 1 amide bonds. The Balaban J connectivity index is 1.85. The largest absolute Gasteiger partial charge is 0.480 e. The van der Waals surface area contributed by atoms with Gasteiger partial charge in [-0.05, 0) is 31.4 Å². The van der Waals surface area contributed by atoms with Gasteiger partial charge in [0.25, 0.3) is 5.91 Å². The zero-order chi connectivity index (χ0) is 12.1. The SMILES string of the molecule is Nc1ncccc1OCC(=O)N1CCCCC1. The molecule has 1 fully saturated rings. The Labute approximate surface area is 101 Å². The number of pyridine rings is 1. The molecule has 2 N–H and O–H groups in total. The van der Waals surface area contributed by atoms with Crippen LogP contribution in [0.25, 0.3) is 0 Å². The first-order valence-corrected chi connectivity index (χ1v) is 5.88. The molecule has 17 heavy (non-hydrogen) atoms. The topological polar surface area (TPSA) is 68.5 Å². The Morgan fingerprint density at radius 1 is 1.41 bits per heavy atom. The van der Waals surface area contributed by atoms with E-state index in [4.69, 9.17) is 10.5 Å². The average molecular weight is 235 g/mol. The highest BCUT2D eigenvalue weighted by atomic mass is 16.5. The van der Waals surface area contributed by atoms with Gasteiger partial charge in [0.05, 0.1) is 0 Å². The van der Waals surface area contributed by atoms with Gasteiger partial charge in [-0.25, -0.2) is 4.98 Å². The van der Waals surface area contributed by atoms with Crippen molar-refractivity contribution in [3.8, 4) is 5.75 Å². The van der Waals surface area contributed by atoms with E-state index in [1.807, 2.05) is 4.90 Å². The van der Waals surface area contributed by atoms with Crippen LogP contribution in [0, 0.1) is 0 Å². The highest BCUT2D eigenvalue weighted by molar-refractivity contribution is 5.78. The molecule has 0 aromatic carbocycles. The first-order chi connectivity index (χ1) is 8.27. The zero-order valence-corrected chi connectivity index (χ0v) is 9.76. The van der Waals surface area contributed by atoms with Crippen LogP contribution in [0.2, 0.25) is 0 Å². The van der Waals surface area contributed by atoms with E-state index in [1.165, 1.54) is 6.42 Å². The van der Waals surface area contributed by atoms with Crippen LogP contribution >= 0.6 is 0 Å². The Morgan fingerprint density at radius 3 is 2.88 bits per heavy atom. The third kappa shape index (κ3) is 3.09. The van der Waals surface area contributed by atoms with Crippen LogP contribution in [-0.4, -0.2) is 35.5 Å². The number of nitrogens with two attached hydrogens (primary N) is 1. The van der Waals surface area contributed by atoms with Crippen molar-refractivity contribution in [2.45, 2.75) is 19.3 Å². The minimum absolute atomic E-state index is 0.0213. The summed E-state index contributed by atoms with van der Waals surface area (Å²) in [6, 6.07) is 3.45. The van der Waals surface area contributed by atoms with E-state index >= 15 is 0 Å². The molecular formula is C12H17N3O2. The number of ether oxygens (including phenoxy) is 1. The highest BCUT2D eigenvalue weighted by Crippen LogP contribution is 2.17. The van der Waals surface area contributed by atoms with Crippen LogP contribution in [0.1, 0.15) is 19.3 Å². The molecule has 0 spiro atoms. The van der Waals surface area contributed by atoms with Crippen LogP contribution in [0.3, 0.4) is 0 Å². The van der Waals surface area contributed by atoms with E-state index in [9.17, 15) is 4.79 Å². The number of anilines is 1. The predicted molar refractivity (Wildman–Crippen MR) is 64.6 cm³/mol. The highest BCUT2D eigenvalue weighted by Gasteiger charge is 2.17. The number of carbonyl (C=O) groups is 1. The molecule has 5 nitrogen and oxygen atoms in total. The summed E-state index contributed by atoms with van der Waals surface area (Å²) in [5.74, 6) is 0.810. The average Bonchev–Trinajstić information content (AvgIpc) is 2.38. The lowest BCUT2D eigenvalue weighted by Gasteiger charge is -2.26. The van der Waals surface area contributed by atoms with Crippen molar-refractivity contribution < 1.29 is 9.53 Å². The Kier molecular flexibility index (Phi) is 3.80. The van der Waals surface area contributed by atoms with Crippen molar-refractivity contribution >= 4 is 11.7 Å². The van der Waals surface area contributed by atoms with E-state index in [1.54, 1.807) is 18.3 Å². The van der Waals surface area contributed by atoms with Gasteiger partial charge in [0.15, 0.2) is 18.2 Å². The molecule has 1 aromatic rings. The van der Waals surface area contributed by atoms with Gasteiger partial charge < -0.3 is 15.4 Å². The van der Waals surface area contributed by atoms with Crippen LogP contribution in [-0.2, 0) is 4.79 Å². The number of amides is 1. The molecule has 0 radical (unpaired) electrons. The monoisotopic (exact) mass is 235 g/mol. The van der Waals surface area contributed by atoms with Crippen LogP contribution in [0.5, 0.6) is 5.75 Å². The maximum atomic E-state index is 11.8. The molecule has 1 saturated heterocycles. The Morgan fingerprint density at radius 2 is 2.18 bits per heavy atom. The molecule has 0 atom stereocenters. The van der Waals surface area contributed by atoms with Gasteiger partial charge in [-0.15, -0.1) is 0 Å². The number of likely N-dealkylation sites (tertiary alicyclic amines) is 1. The van der Waals surface area contributed by atoms with Crippen molar-refractivity contribution in [1.29, 1.82) is 0 Å². The van der Waals surface area contributed by atoms with Gasteiger partial charge in [-0.2, -0.15) is 0 Å². The third-order valence-corrected chi connectivity index (χ3v) is 2.86. The Bertz CT molecular complexity index is 389. The lowest BCUT2D eigenvalue weighted by Crippen LogP contribution is -2.38. The first kappa shape index (κ1) is 11.7. The maximum Gasteiger partial charge on any atom is 0.260 e. The van der Waals surface area contributed by atoms with Crippen molar-refractivity contribution in [2.24, 2.45) is 0 Å². The number of nitrogen functional groups attached to an aromatic ring is 1. The Hall–Kier alpha value is -1.78. The molecule has 92 valence electrons. The molecule has 5 heteroatoms. The van der Waals surface area contributed by atoms with Crippen LogP contribution in [0.15, 0.2) is 18.3 Å². The summed E-state index contributed by atoms with van der Waals surface area (Å²) in [7, 11) is 0. The summed E-state index contributed by atoms with van der Waals surface area (Å²) in [6.45, 7) is 1.71.